The Morgan fingerprint density at radius 2 is 2.00 bits per heavy atom. The molecule has 0 atom stereocenters. The second kappa shape index (κ2) is 5.25. The lowest BCUT2D eigenvalue weighted by atomic mass is 10.1. The Kier molecular flexibility index (Phi) is 3.99. The second-order valence-corrected chi connectivity index (χ2v) is 3.02. The van der Waals surface area contributed by atoms with E-state index in [1.807, 2.05) is 0 Å². The minimum atomic E-state index is -1.04. The van der Waals surface area contributed by atoms with E-state index < -0.39 is 23.4 Å². The number of carbonyl (C=O) groups is 1. The average Bonchev–Trinajstić information content (AvgIpc) is 2.25. The van der Waals surface area contributed by atoms with Gasteiger partial charge >= 0.3 is 5.97 Å². The van der Waals surface area contributed by atoms with Crippen LogP contribution in [-0.4, -0.2) is 18.2 Å². The molecule has 1 N–H and O–H groups in total. The normalized spacial score (nSPS) is 10.7. The molecule has 0 aliphatic carbocycles. The Labute approximate surface area is 91.0 Å². The van der Waals surface area contributed by atoms with Crippen molar-refractivity contribution in [1.29, 1.82) is 0 Å². The molecule has 0 heterocycles. The summed E-state index contributed by atoms with van der Waals surface area (Å²) in [5.41, 5.74) is 0.219. The van der Waals surface area contributed by atoms with E-state index in [1.165, 1.54) is 19.3 Å². The van der Waals surface area contributed by atoms with E-state index in [1.54, 1.807) is 0 Å². The number of esters is 1. The van der Waals surface area contributed by atoms with Gasteiger partial charge in [-0.1, -0.05) is 12.2 Å². The molecule has 0 amide bonds. The number of phenols is 1. The van der Waals surface area contributed by atoms with Crippen molar-refractivity contribution in [3.8, 4) is 5.75 Å². The van der Waals surface area contributed by atoms with Gasteiger partial charge in [-0.05, 0) is 17.7 Å². The number of ether oxygens (including phenoxy) is 1. The minimum absolute atomic E-state index is 0.0145. The number of phenolic OH excluding ortho intramolecular Hbond substituents is 1. The highest BCUT2D eigenvalue weighted by Gasteiger charge is 2.07. The van der Waals surface area contributed by atoms with Crippen molar-refractivity contribution in [3.63, 3.8) is 0 Å². The maximum absolute atomic E-state index is 12.9. The lowest BCUT2D eigenvalue weighted by Crippen LogP contribution is -1.96. The van der Waals surface area contributed by atoms with Gasteiger partial charge in [0.25, 0.3) is 0 Å². The summed E-state index contributed by atoms with van der Waals surface area (Å²) in [4.78, 5) is 10.7. The number of benzene rings is 1. The van der Waals surface area contributed by atoms with Gasteiger partial charge in [0.1, 0.15) is 0 Å². The molecule has 1 aromatic carbocycles. The fraction of sp³-hybridized carbons (Fsp3) is 0.182. The van der Waals surface area contributed by atoms with Crippen LogP contribution in [0.2, 0.25) is 0 Å². The van der Waals surface area contributed by atoms with Crippen LogP contribution in [0.1, 0.15) is 12.0 Å². The molecule has 3 nitrogen and oxygen atoms in total. The molecule has 0 aliphatic heterocycles. The van der Waals surface area contributed by atoms with Crippen molar-refractivity contribution < 1.29 is 23.4 Å². The summed E-state index contributed by atoms with van der Waals surface area (Å²) >= 11 is 0. The Bertz CT molecular complexity index is 404. The van der Waals surface area contributed by atoms with E-state index in [2.05, 4.69) is 4.74 Å². The average molecular weight is 228 g/mol. The SMILES string of the molecule is COC(=O)CC=Cc1cc(F)c(O)c(F)c1. The number of rotatable bonds is 3. The Morgan fingerprint density at radius 3 is 2.50 bits per heavy atom. The van der Waals surface area contributed by atoms with Crippen molar-refractivity contribution in [2.75, 3.05) is 7.11 Å². The van der Waals surface area contributed by atoms with E-state index in [9.17, 15) is 13.6 Å². The van der Waals surface area contributed by atoms with E-state index in [0.29, 0.717) is 0 Å². The quantitative estimate of drug-likeness (QED) is 0.807. The molecule has 0 radical (unpaired) electrons. The summed E-state index contributed by atoms with van der Waals surface area (Å²) in [5.74, 6) is -3.54. The molecule has 16 heavy (non-hydrogen) atoms. The van der Waals surface area contributed by atoms with Crippen molar-refractivity contribution in [1.82, 2.24) is 0 Å². The summed E-state index contributed by atoms with van der Waals surface area (Å²) < 4.78 is 30.1. The molecular formula is C11H10F2O3. The fourth-order valence-corrected chi connectivity index (χ4v) is 1.06. The smallest absolute Gasteiger partial charge is 0.309 e. The molecule has 0 spiro atoms. The van der Waals surface area contributed by atoms with Gasteiger partial charge in [-0.25, -0.2) is 8.78 Å². The zero-order valence-electron chi connectivity index (χ0n) is 8.54. The van der Waals surface area contributed by atoms with Crippen LogP contribution in [0.15, 0.2) is 18.2 Å². The first-order valence-electron chi connectivity index (χ1n) is 4.46. The van der Waals surface area contributed by atoms with Gasteiger partial charge in [-0.3, -0.25) is 4.79 Å². The fourth-order valence-electron chi connectivity index (χ4n) is 1.06. The lowest BCUT2D eigenvalue weighted by Gasteiger charge is -1.99. The molecule has 86 valence electrons. The van der Waals surface area contributed by atoms with E-state index in [0.717, 1.165) is 12.1 Å². The predicted octanol–water partition coefficient (Wildman–Crippen LogP) is 2.25. The van der Waals surface area contributed by atoms with Crippen LogP contribution in [0.25, 0.3) is 6.08 Å². The number of halogens is 2. The topological polar surface area (TPSA) is 46.5 Å². The third kappa shape index (κ3) is 3.05. The molecule has 0 aromatic heterocycles. The van der Waals surface area contributed by atoms with Gasteiger partial charge in [0.15, 0.2) is 17.4 Å². The van der Waals surface area contributed by atoms with Crippen LogP contribution in [0.5, 0.6) is 5.75 Å². The van der Waals surface area contributed by atoms with E-state index in [4.69, 9.17) is 5.11 Å². The monoisotopic (exact) mass is 228 g/mol. The van der Waals surface area contributed by atoms with Crippen molar-refractivity contribution >= 4 is 12.0 Å². The standard InChI is InChI=1S/C11H10F2O3/c1-16-10(14)4-2-3-7-5-8(12)11(15)9(13)6-7/h2-3,5-6,15H,4H2,1H3. The van der Waals surface area contributed by atoms with Gasteiger partial charge in [-0.15, -0.1) is 0 Å². The second-order valence-electron chi connectivity index (χ2n) is 3.02. The summed E-state index contributed by atoms with van der Waals surface area (Å²) in [6.45, 7) is 0. The zero-order chi connectivity index (χ0) is 12.1. The minimum Gasteiger partial charge on any atom is -0.503 e. The largest absolute Gasteiger partial charge is 0.503 e. The van der Waals surface area contributed by atoms with Crippen molar-refractivity contribution in [2.24, 2.45) is 0 Å². The van der Waals surface area contributed by atoms with Gasteiger partial charge in [0.05, 0.1) is 13.5 Å². The first-order chi connectivity index (χ1) is 7.54. The molecule has 0 bridgehead atoms. The maximum atomic E-state index is 12.9. The third-order valence-corrected chi connectivity index (χ3v) is 1.86. The van der Waals surface area contributed by atoms with Crippen LogP contribution >= 0.6 is 0 Å². The first kappa shape index (κ1) is 12.2. The number of carbonyl (C=O) groups excluding carboxylic acids is 1. The van der Waals surface area contributed by atoms with Crippen LogP contribution in [0.3, 0.4) is 0 Å². The van der Waals surface area contributed by atoms with Gasteiger partial charge in [0, 0.05) is 0 Å². The van der Waals surface area contributed by atoms with Crippen LogP contribution in [0, 0.1) is 11.6 Å². The maximum Gasteiger partial charge on any atom is 0.309 e. The Morgan fingerprint density at radius 1 is 1.44 bits per heavy atom. The molecule has 0 aliphatic rings. The van der Waals surface area contributed by atoms with Crippen LogP contribution in [-0.2, 0) is 9.53 Å². The molecule has 5 heteroatoms. The highest BCUT2D eigenvalue weighted by Crippen LogP contribution is 2.22. The lowest BCUT2D eigenvalue weighted by molar-refractivity contribution is -0.139. The highest BCUT2D eigenvalue weighted by molar-refractivity contribution is 5.72. The number of methoxy groups -OCH3 is 1. The van der Waals surface area contributed by atoms with E-state index >= 15 is 0 Å². The molecule has 1 rings (SSSR count). The van der Waals surface area contributed by atoms with Gasteiger partial charge in [0.2, 0.25) is 0 Å². The van der Waals surface area contributed by atoms with Gasteiger partial charge < -0.3 is 9.84 Å². The van der Waals surface area contributed by atoms with Crippen LogP contribution < -0.4 is 0 Å². The number of hydrogen-bond donors (Lipinski definition) is 1. The number of aromatic hydroxyl groups is 1. The van der Waals surface area contributed by atoms with Crippen LogP contribution in [0.4, 0.5) is 8.78 Å². The Hall–Kier alpha value is -1.91. The molecular weight excluding hydrogens is 218 g/mol. The Balaban J connectivity index is 2.78. The summed E-state index contributed by atoms with van der Waals surface area (Å²) in [6.07, 6.45) is 2.79. The van der Waals surface area contributed by atoms with Crippen molar-refractivity contribution in [2.45, 2.75) is 6.42 Å². The predicted molar refractivity (Wildman–Crippen MR) is 53.7 cm³/mol. The van der Waals surface area contributed by atoms with Crippen molar-refractivity contribution in [3.05, 3.63) is 35.4 Å². The molecule has 0 saturated carbocycles. The molecule has 0 fully saturated rings. The highest BCUT2D eigenvalue weighted by atomic mass is 19.1. The number of hydrogen-bond acceptors (Lipinski definition) is 3. The van der Waals surface area contributed by atoms with E-state index in [-0.39, 0.29) is 12.0 Å². The molecule has 0 saturated heterocycles. The summed E-state index contributed by atoms with van der Waals surface area (Å²) in [5, 5.41) is 8.83. The summed E-state index contributed by atoms with van der Waals surface area (Å²) in [7, 11) is 1.25. The molecule has 0 unspecified atom stereocenters. The molecule has 1 aromatic rings. The van der Waals surface area contributed by atoms with Gasteiger partial charge in [-0.2, -0.15) is 0 Å². The third-order valence-electron chi connectivity index (χ3n) is 1.86. The zero-order valence-corrected chi connectivity index (χ0v) is 8.54. The summed E-state index contributed by atoms with van der Waals surface area (Å²) in [6, 6.07) is 1.93. The first-order valence-corrected chi connectivity index (χ1v) is 4.46.